The van der Waals surface area contributed by atoms with Crippen molar-refractivity contribution < 1.29 is 14.6 Å². The molecular formula is C14H14O3. The summed E-state index contributed by atoms with van der Waals surface area (Å²) < 4.78 is 4.59. The first-order chi connectivity index (χ1) is 8.11. The number of aromatic hydroxyl groups is 1. The van der Waals surface area contributed by atoms with Gasteiger partial charge in [-0.25, -0.2) is 0 Å². The van der Waals surface area contributed by atoms with Crippen LogP contribution < -0.4 is 0 Å². The number of benzene rings is 2. The topological polar surface area (TPSA) is 46.5 Å². The predicted octanol–water partition coefficient (Wildman–Crippen LogP) is 2.57. The zero-order valence-corrected chi connectivity index (χ0v) is 9.86. The average molecular weight is 230 g/mol. The molecule has 0 atom stereocenters. The molecule has 0 spiro atoms. The molecular weight excluding hydrogens is 216 g/mol. The molecule has 0 aliphatic carbocycles. The molecule has 0 fully saturated rings. The number of hydrogen-bond acceptors (Lipinski definition) is 3. The first-order valence-corrected chi connectivity index (χ1v) is 5.40. The number of phenolic OH excluding ortho intramolecular Hbond substituents is 1. The summed E-state index contributed by atoms with van der Waals surface area (Å²) in [5.41, 5.74) is 1.73. The highest BCUT2D eigenvalue weighted by Crippen LogP contribution is 2.29. The molecule has 1 N–H and O–H groups in total. The van der Waals surface area contributed by atoms with E-state index in [2.05, 4.69) is 4.74 Å². The van der Waals surface area contributed by atoms with E-state index in [1.165, 1.54) is 7.11 Å². The van der Waals surface area contributed by atoms with Gasteiger partial charge in [-0.15, -0.1) is 0 Å². The number of carbonyl (C=O) groups excluding carboxylic acids is 1. The zero-order valence-electron chi connectivity index (χ0n) is 9.86. The standard InChI is InChI=1S/C14H14O3/c1-9-3-6-12-10(7-9)4-5-11(14(12)16)8-13(15)17-2/h3-7,16H,8H2,1-2H3. The second-order valence-corrected chi connectivity index (χ2v) is 4.05. The maximum Gasteiger partial charge on any atom is 0.310 e. The van der Waals surface area contributed by atoms with Gasteiger partial charge in [0.25, 0.3) is 0 Å². The minimum absolute atomic E-state index is 0.0894. The smallest absolute Gasteiger partial charge is 0.310 e. The van der Waals surface area contributed by atoms with Crippen LogP contribution in [-0.4, -0.2) is 18.2 Å². The minimum atomic E-state index is -0.355. The molecule has 0 saturated carbocycles. The number of phenols is 1. The molecule has 0 radical (unpaired) electrons. The van der Waals surface area contributed by atoms with E-state index in [-0.39, 0.29) is 18.1 Å². The number of fused-ring (bicyclic) bond motifs is 1. The summed E-state index contributed by atoms with van der Waals surface area (Å²) >= 11 is 0. The van der Waals surface area contributed by atoms with Crippen LogP contribution in [0.3, 0.4) is 0 Å². The normalized spacial score (nSPS) is 10.5. The Balaban J connectivity index is 2.50. The van der Waals surface area contributed by atoms with Crippen molar-refractivity contribution in [3.05, 3.63) is 41.5 Å². The van der Waals surface area contributed by atoms with Gasteiger partial charge in [0, 0.05) is 10.9 Å². The van der Waals surface area contributed by atoms with Crippen LogP contribution in [0.15, 0.2) is 30.3 Å². The van der Waals surface area contributed by atoms with Crippen molar-refractivity contribution in [3.63, 3.8) is 0 Å². The van der Waals surface area contributed by atoms with Crippen molar-refractivity contribution in [1.82, 2.24) is 0 Å². The number of hydrogen-bond donors (Lipinski definition) is 1. The lowest BCUT2D eigenvalue weighted by atomic mass is 10.0. The van der Waals surface area contributed by atoms with E-state index in [1.807, 2.05) is 31.2 Å². The van der Waals surface area contributed by atoms with Crippen molar-refractivity contribution in [2.24, 2.45) is 0 Å². The summed E-state index contributed by atoms with van der Waals surface area (Å²) in [5, 5.41) is 11.8. The summed E-state index contributed by atoms with van der Waals surface area (Å²) in [6, 6.07) is 9.45. The fourth-order valence-electron chi connectivity index (χ4n) is 1.85. The number of methoxy groups -OCH3 is 1. The molecule has 88 valence electrons. The van der Waals surface area contributed by atoms with Crippen LogP contribution in [0.5, 0.6) is 5.75 Å². The predicted molar refractivity (Wildman–Crippen MR) is 66.1 cm³/mol. The van der Waals surface area contributed by atoms with Crippen LogP contribution in [0.2, 0.25) is 0 Å². The monoisotopic (exact) mass is 230 g/mol. The van der Waals surface area contributed by atoms with Crippen LogP contribution >= 0.6 is 0 Å². The molecule has 0 heterocycles. The molecule has 2 aromatic carbocycles. The van der Waals surface area contributed by atoms with E-state index < -0.39 is 0 Å². The van der Waals surface area contributed by atoms with Crippen molar-refractivity contribution in [3.8, 4) is 5.75 Å². The first-order valence-electron chi connectivity index (χ1n) is 5.40. The molecule has 17 heavy (non-hydrogen) atoms. The molecule has 0 aromatic heterocycles. The molecule has 0 bridgehead atoms. The number of esters is 1. The van der Waals surface area contributed by atoms with Gasteiger partial charge in [-0.3, -0.25) is 4.79 Å². The summed E-state index contributed by atoms with van der Waals surface area (Å²) in [5.74, 6) is -0.195. The zero-order chi connectivity index (χ0) is 12.4. The van der Waals surface area contributed by atoms with Crippen LogP contribution in [0.25, 0.3) is 10.8 Å². The van der Waals surface area contributed by atoms with E-state index in [1.54, 1.807) is 6.07 Å². The summed E-state index contributed by atoms with van der Waals surface area (Å²) in [6.45, 7) is 2.00. The van der Waals surface area contributed by atoms with Gasteiger partial charge in [0.2, 0.25) is 0 Å². The Morgan fingerprint density at radius 2 is 2.06 bits per heavy atom. The van der Waals surface area contributed by atoms with Gasteiger partial charge in [0.05, 0.1) is 13.5 Å². The SMILES string of the molecule is COC(=O)Cc1ccc2cc(C)ccc2c1O. The molecule has 0 unspecified atom stereocenters. The molecule has 0 amide bonds. The van der Waals surface area contributed by atoms with E-state index in [4.69, 9.17) is 0 Å². The lowest BCUT2D eigenvalue weighted by Gasteiger charge is -2.07. The summed E-state index contributed by atoms with van der Waals surface area (Å²) in [7, 11) is 1.34. The van der Waals surface area contributed by atoms with Crippen molar-refractivity contribution >= 4 is 16.7 Å². The molecule has 3 nitrogen and oxygen atoms in total. The fraction of sp³-hybridized carbons (Fsp3) is 0.214. The molecule has 0 aliphatic rings. The number of aryl methyl sites for hydroxylation is 1. The molecule has 0 saturated heterocycles. The van der Waals surface area contributed by atoms with Gasteiger partial charge < -0.3 is 9.84 Å². The number of rotatable bonds is 2. The third kappa shape index (κ3) is 2.23. The van der Waals surface area contributed by atoms with Gasteiger partial charge in [0.15, 0.2) is 0 Å². The van der Waals surface area contributed by atoms with Crippen LogP contribution in [0, 0.1) is 6.92 Å². The molecule has 2 rings (SSSR count). The Morgan fingerprint density at radius 1 is 1.29 bits per heavy atom. The van der Waals surface area contributed by atoms with E-state index >= 15 is 0 Å². The van der Waals surface area contributed by atoms with Gasteiger partial charge in [-0.05, 0) is 12.3 Å². The lowest BCUT2D eigenvalue weighted by Crippen LogP contribution is -2.04. The van der Waals surface area contributed by atoms with Gasteiger partial charge in [0.1, 0.15) is 5.75 Å². The van der Waals surface area contributed by atoms with Crippen molar-refractivity contribution in [1.29, 1.82) is 0 Å². The second-order valence-electron chi connectivity index (χ2n) is 4.05. The Bertz CT molecular complexity index is 573. The molecule has 2 aromatic rings. The highest BCUT2D eigenvalue weighted by Gasteiger charge is 2.10. The quantitative estimate of drug-likeness (QED) is 0.806. The Morgan fingerprint density at radius 3 is 2.76 bits per heavy atom. The number of carbonyl (C=O) groups is 1. The van der Waals surface area contributed by atoms with Gasteiger partial charge >= 0.3 is 5.97 Å². The minimum Gasteiger partial charge on any atom is -0.507 e. The van der Waals surface area contributed by atoms with Gasteiger partial charge in [-0.1, -0.05) is 35.9 Å². The Labute approximate surface area is 99.6 Å². The summed E-state index contributed by atoms with van der Waals surface area (Å²) in [6.07, 6.45) is 0.0894. The highest BCUT2D eigenvalue weighted by atomic mass is 16.5. The fourth-order valence-corrected chi connectivity index (χ4v) is 1.85. The third-order valence-electron chi connectivity index (χ3n) is 2.79. The average Bonchev–Trinajstić information content (AvgIpc) is 2.32. The van der Waals surface area contributed by atoms with E-state index in [9.17, 15) is 9.90 Å². The molecule has 3 heteroatoms. The largest absolute Gasteiger partial charge is 0.507 e. The van der Waals surface area contributed by atoms with E-state index in [0.717, 1.165) is 16.3 Å². The Kier molecular flexibility index (Phi) is 3.00. The van der Waals surface area contributed by atoms with Crippen LogP contribution in [0.4, 0.5) is 0 Å². The lowest BCUT2D eigenvalue weighted by molar-refractivity contribution is -0.139. The molecule has 0 aliphatic heterocycles. The third-order valence-corrected chi connectivity index (χ3v) is 2.79. The van der Waals surface area contributed by atoms with Gasteiger partial charge in [-0.2, -0.15) is 0 Å². The van der Waals surface area contributed by atoms with Crippen molar-refractivity contribution in [2.75, 3.05) is 7.11 Å². The highest BCUT2D eigenvalue weighted by molar-refractivity contribution is 5.91. The number of ether oxygens (including phenoxy) is 1. The maximum atomic E-state index is 11.2. The van der Waals surface area contributed by atoms with Crippen molar-refractivity contribution in [2.45, 2.75) is 13.3 Å². The first kappa shape index (κ1) is 11.5. The Hall–Kier alpha value is -2.03. The second kappa shape index (κ2) is 4.45. The maximum absolute atomic E-state index is 11.2. The van der Waals surface area contributed by atoms with Crippen LogP contribution in [0.1, 0.15) is 11.1 Å². The summed E-state index contributed by atoms with van der Waals surface area (Å²) in [4.78, 5) is 11.2. The van der Waals surface area contributed by atoms with Crippen LogP contribution in [-0.2, 0) is 16.0 Å². The van der Waals surface area contributed by atoms with E-state index in [0.29, 0.717) is 5.56 Å².